The smallest absolute Gasteiger partial charge is 0.259 e. The lowest BCUT2D eigenvalue weighted by molar-refractivity contribution is -0.126. The number of thiophene rings is 1. The number of carbonyl (C=O) groups excluding carboxylic acids is 1. The van der Waals surface area contributed by atoms with Gasteiger partial charge in [-0.15, -0.1) is 11.3 Å². The summed E-state index contributed by atoms with van der Waals surface area (Å²) in [7, 11) is 0. The fraction of sp³-hybridized carbons (Fsp3) is 0.286. The third kappa shape index (κ3) is 3.86. The van der Waals surface area contributed by atoms with Gasteiger partial charge in [-0.25, -0.2) is 5.84 Å². The number of halogens is 1. The molecule has 4 nitrogen and oxygen atoms in total. The van der Waals surface area contributed by atoms with E-state index in [4.69, 9.17) is 10.6 Å². The fourth-order valence-corrected chi connectivity index (χ4v) is 2.14. The van der Waals surface area contributed by atoms with Crippen molar-refractivity contribution in [1.29, 1.82) is 0 Å². The van der Waals surface area contributed by atoms with Gasteiger partial charge in [0, 0.05) is 4.88 Å². The summed E-state index contributed by atoms with van der Waals surface area (Å²) in [6.07, 6.45) is 0. The Kier molecular flexibility index (Phi) is 4.37. The van der Waals surface area contributed by atoms with Gasteiger partial charge in [-0.05, 0) is 28.1 Å². The van der Waals surface area contributed by atoms with Crippen molar-refractivity contribution in [2.45, 2.75) is 6.61 Å². The number of rotatable bonds is 4. The minimum absolute atomic E-state index is 0.00792. The van der Waals surface area contributed by atoms with Crippen LogP contribution in [0, 0.1) is 0 Å². The third-order valence-electron chi connectivity index (χ3n) is 1.27. The Hall–Kier alpha value is -0.430. The maximum absolute atomic E-state index is 10.6. The SMILES string of the molecule is NNC(=O)COCc1ccc(Br)s1. The van der Waals surface area contributed by atoms with Gasteiger partial charge in [0.1, 0.15) is 6.61 Å². The molecule has 0 aliphatic heterocycles. The highest BCUT2D eigenvalue weighted by Gasteiger charge is 2.00. The van der Waals surface area contributed by atoms with Gasteiger partial charge in [-0.1, -0.05) is 0 Å². The van der Waals surface area contributed by atoms with Crippen LogP contribution in [0.25, 0.3) is 0 Å². The standard InChI is InChI=1S/C7H9BrN2O2S/c8-6-2-1-5(13-6)3-12-4-7(11)10-9/h1-2H,3-4,9H2,(H,10,11). The zero-order valence-corrected chi connectivity index (χ0v) is 9.15. The van der Waals surface area contributed by atoms with Crippen LogP contribution >= 0.6 is 27.3 Å². The lowest BCUT2D eigenvalue weighted by Crippen LogP contribution is -2.33. The third-order valence-corrected chi connectivity index (χ3v) is 2.86. The van der Waals surface area contributed by atoms with Crippen molar-refractivity contribution >= 4 is 33.2 Å². The Bertz CT molecular complexity index is 290. The first kappa shape index (κ1) is 10.6. The first-order valence-corrected chi connectivity index (χ1v) is 5.14. The quantitative estimate of drug-likeness (QED) is 0.485. The molecule has 0 saturated heterocycles. The van der Waals surface area contributed by atoms with Gasteiger partial charge in [0.05, 0.1) is 10.4 Å². The Labute approximate surface area is 88.2 Å². The molecule has 0 fully saturated rings. The predicted octanol–water partition coefficient (Wildman–Crippen LogP) is 1.02. The zero-order valence-electron chi connectivity index (χ0n) is 6.75. The Morgan fingerprint density at radius 2 is 2.46 bits per heavy atom. The van der Waals surface area contributed by atoms with E-state index in [0.717, 1.165) is 8.66 Å². The average molecular weight is 265 g/mol. The van der Waals surface area contributed by atoms with E-state index < -0.39 is 0 Å². The molecule has 1 heterocycles. The van der Waals surface area contributed by atoms with Crippen molar-refractivity contribution < 1.29 is 9.53 Å². The van der Waals surface area contributed by atoms with Crippen LogP contribution in [-0.2, 0) is 16.1 Å². The van der Waals surface area contributed by atoms with Crippen molar-refractivity contribution in [2.24, 2.45) is 5.84 Å². The normalized spacial score (nSPS) is 10.0. The average Bonchev–Trinajstić information content (AvgIpc) is 2.51. The highest BCUT2D eigenvalue weighted by molar-refractivity contribution is 9.11. The number of nitrogens with two attached hydrogens (primary N) is 1. The van der Waals surface area contributed by atoms with Gasteiger partial charge < -0.3 is 4.74 Å². The molecule has 0 unspecified atom stereocenters. The minimum Gasteiger partial charge on any atom is -0.366 e. The van der Waals surface area contributed by atoms with Crippen LogP contribution in [0.5, 0.6) is 0 Å². The molecule has 0 saturated carbocycles. The van der Waals surface area contributed by atoms with Gasteiger partial charge in [-0.3, -0.25) is 10.2 Å². The molecule has 1 amide bonds. The van der Waals surface area contributed by atoms with Crippen LogP contribution in [0.3, 0.4) is 0 Å². The summed E-state index contributed by atoms with van der Waals surface area (Å²) in [5.41, 5.74) is 1.99. The Morgan fingerprint density at radius 1 is 1.69 bits per heavy atom. The van der Waals surface area contributed by atoms with Crippen LogP contribution in [0.15, 0.2) is 15.9 Å². The predicted molar refractivity (Wildman–Crippen MR) is 54.0 cm³/mol. The van der Waals surface area contributed by atoms with E-state index in [2.05, 4.69) is 15.9 Å². The fourth-order valence-electron chi connectivity index (χ4n) is 0.715. The number of hydrogen-bond donors (Lipinski definition) is 2. The monoisotopic (exact) mass is 264 g/mol. The summed E-state index contributed by atoms with van der Waals surface area (Å²) in [5.74, 6) is 4.55. The summed E-state index contributed by atoms with van der Waals surface area (Å²) < 4.78 is 6.13. The van der Waals surface area contributed by atoms with Crippen LogP contribution < -0.4 is 11.3 Å². The molecule has 0 atom stereocenters. The topological polar surface area (TPSA) is 64.3 Å². The largest absolute Gasteiger partial charge is 0.366 e. The first-order chi connectivity index (χ1) is 6.22. The molecular weight excluding hydrogens is 256 g/mol. The summed E-state index contributed by atoms with van der Waals surface area (Å²) in [5, 5.41) is 0. The van der Waals surface area contributed by atoms with E-state index in [1.807, 2.05) is 17.6 Å². The maximum atomic E-state index is 10.6. The molecule has 3 N–H and O–H groups in total. The number of nitrogens with one attached hydrogen (secondary N) is 1. The molecule has 1 aromatic heterocycles. The maximum Gasteiger partial charge on any atom is 0.259 e. The molecule has 0 spiro atoms. The highest BCUT2D eigenvalue weighted by atomic mass is 79.9. The van der Waals surface area contributed by atoms with Crippen molar-refractivity contribution in [1.82, 2.24) is 5.43 Å². The summed E-state index contributed by atoms with van der Waals surface area (Å²) >= 11 is 4.91. The second-order valence-electron chi connectivity index (χ2n) is 2.27. The molecule has 0 aromatic carbocycles. The van der Waals surface area contributed by atoms with E-state index in [9.17, 15) is 4.79 Å². The molecule has 72 valence electrons. The van der Waals surface area contributed by atoms with Crippen molar-refractivity contribution in [3.8, 4) is 0 Å². The van der Waals surface area contributed by atoms with E-state index in [-0.39, 0.29) is 12.5 Å². The summed E-state index contributed by atoms with van der Waals surface area (Å²) in [6.45, 7) is 0.426. The van der Waals surface area contributed by atoms with Gasteiger partial charge >= 0.3 is 0 Å². The van der Waals surface area contributed by atoms with Gasteiger partial charge in [0.25, 0.3) is 5.91 Å². The van der Waals surface area contributed by atoms with Crippen molar-refractivity contribution in [3.05, 3.63) is 20.8 Å². The molecule has 13 heavy (non-hydrogen) atoms. The van der Waals surface area contributed by atoms with Gasteiger partial charge in [0.2, 0.25) is 0 Å². The van der Waals surface area contributed by atoms with Gasteiger partial charge in [0.15, 0.2) is 0 Å². The molecule has 0 radical (unpaired) electrons. The second kappa shape index (κ2) is 5.33. The molecule has 1 aromatic rings. The number of hydrazine groups is 1. The molecular formula is C7H9BrN2O2S. The van der Waals surface area contributed by atoms with Crippen molar-refractivity contribution in [2.75, 3.05) is 6.61 Å². The molecule has 6 heteroatoms. The number of amides is 1. The lowest BCUT2D eigenvalue weighted by atomic mass is 10.5. The van der Waals surface area contributed by atoms with E-state index >= 15 is 0 Å². The van der Waals surface area contributed by atoms with E-state index in [1.165, 1.54) is 0 Å². The van der Waals surface area contributed by atoms with E-state index in [1.54, 1.807) is 11.3 Å². The summed E-state index contributed by atoms with van der Waals surface area (Å²) in [4.78, 5) is 11.7. The number of carbonyl (C=O) groups is 1. The van der Waals surface area contributed by atoms with Crippen LogP contribution in [0.2, 0.25) is 0 Å². The minimum atomic E-state index is -0.323. The summed E-state index contributed by atoms with van der Waals surface area (Å²) in [6, 6.07) is 3.88. The molecule has 1 rings (SSSR count). The number of ether oxygens (including phenoxy) is 1. The zero-order chi connectivity index (χ0) is 9.68. The van der Waals surface area contributed by atoms with Crippen molar-refractivity contribution in [3.63, 3.8) is 0 Å². The van der Waals surface area contributed by atoms with E-state index in [0.29, 0.717) is 6.61 Å². The Balaban J connectivity index is 2.24. The molecule has 0 bridgehead atoms. The first-order valence-electron chi connectivity index (χ1n) is 3.54. The van der Waals surface area contributed by atoms with Crippen LogP contribution in [0.1, 0.15) is 4.88 Å². The van der Waals surface area contributed by atoms with Crippen LogP contribution in [-0.4, -0.2) is 12.5 Å². The van der Waals surface area contributed by atoms with Gasteiger partial charge in [-0.2, -0.15) is 0 Å². The lowest BCUT2D eigenvalue weighted by Gasteiger charge is -2.00. The second-order valence-corrected chi connectivity index (χ2v) is 4.81. The Morgan fingerprint density at radius 3 is 3.00 bits per heavy atom. The molecule has 0 aliphatic carbocycles. The van der Waals surface area contributed by atoms with Crippen LogP contribution in [0.4, 0.5) is 0 Å². The number of hydrogen-bond acceptors (Lipinski definition) is 4. The highest BCUT2D eigenvalue weighted by Crippen LogP contribution is 2.22. The molecule has 0 aliphatic rings.